The second-order valence-electron chi connectivity index (χ2n) is 5.94. The molecule has 4 nitrogen and oxygen atoms in total. The third-order valence-corrected chi connectivity index (χ3v) is 4.38. The van der Waals surface area contributed by atoms with Crippen LogP contribution in [0.15, 0.2) is 18.3 Å². The van der Waals surface area contributed by atoms with Crippen molar-refractivity contribution in [2.75, 3.05) is 11.9 Å². The van der Waals surface area contributed by atoms with Crippen LogP contribution in [-0.4, -0.2) is 34.4 Å². The van der Waals surface area contributed by atoms with Gasteiger partial charge < -0.3 is 10.2 Å². The van der Waals surface area contributed by atoms with E-state index in [2.05, 4.69) is 31.1 Å². The maximum atomic E-state index is 12.6. The van der Waals surface area contributed by atoms with E-state index < -0.39 is 0 Å². The van der Waals surface area contributed by atoms with Gasteiger partial charge in [-0.25, -0.2) is 4.98 Å². The van der Waals surface area contributed by atoms with Gasteiger partial charge in [-0.15, -0.1) is 0 Å². The van der Waals surface area contributed by atoms with E-state index in [0.29, 0.717) is 17.6 Å². The zero-order chi connectivity index (χ0) is 15.2. The summed E-state index contributed by atoms with van der Waals surface area (Å²) < 4.78 is 0. The van der Waals surface area contributed by atoms with Gasteiger partial charge in [0.2, 0.25) is 0 Å². The fraction of sp³-hybridized carbons (Fsp3) is 0.647. The molecule has 0 aromatic carbocycles. The number of hydrogen-bond donors (Lipinski definition) is 1. The molecule has 116 valence electrons. The van der Waals surface area contributed by atoms with E-state index in [0.717, 1.165) is 38.0 Å². The Labute approximate surface area is 127 Å². The van der Waals surface area contributed by atoms with Gasteiger partial charge in [-0.05, 0) is 51.2 Å². The maximum absolute atomic E-state index is 12.6. The number of anilines is 1. The van der Waals surface area contributed by atoms with E-state index in [-0.39, 0.29) is 5.91 Å². The summed E-state index contributed by atoms with van der Waals surface area (Å²) in [5.41, 5.74) is 0.699. The summed E-state index contributed by atoms with van der Waals surface area (Å²) in [6.07, 6.45) is 7.26. The molecule has 0 aliphatic carbocycles. The van der Waals surface area contributed by atoms with Gasteiger partial charge in [-0.3, -0.25) is 4.79 Å². The Morgan fingerprint density at radius 3 is 2.86 bits per heavy atom. The van der Waals surface area contributed by atoms with E-state index >= 15 is 0 Å². The lowest BCUT2D eigenvalue weighted by Crippen LogP contribution is -2.43. The van der Waals surface area contributed by atoms with E-state index in [1.807, 2.05) is 17.0 Å². The number of rotatable bonds is 5. The Bertz CT molecular complexity index is 458. The Morgan fingerprint density at radius 1 is 1.43 bits per heavy atom. The third-order valence-electron chi connectivity index (χ3n) is 4.38. The van der Waals surface area contributed by atoms with Gasteiger partial charge >= 0.3 is 0 Å². The number of amides is 1. The highest BCUT2D eigenvalue weighted by Gasteiger charge is 2.26. The van der Waals surface area contributed by atoms with E-state index in [4.69, 9.17) is 0 Å². The Balaban J connectivity index is 2.05. The minimum absolute atomic E-state index is 0.129. The van der Waals surface area contributed by atoms with Gasteiger partial charge in [0.1, 0.15) is 5.82 Å². The first-order valence-electron chi connectivity index (χ1n) is 8.19. The van der Waals surface area contributed by atoms with Crippen molar-refractivity contribution in [3.8, 4) is 0 Å². The second kappa shape index (κ2) is 7.43. The van der Waals surface area contributed by atoms with Crippen LogP contribution < -0.4 is 5.32 Å². The molecule has 1 aliphatic heterocycles. The average Bonchev–Trinajstić information content (AvgIpc) is 2.54. The summed E-state index contributed by atoms with van der Waals surface area (Å²) in [5, 5.41) is 3.32. The summed E-state index contributed by atoms with van der Waals surface area (Å²) in [7, 11) is 0. The molecule has 0 bridgehead atoms. The summed E-state index contributed by atoms with van der Waals surface area (Å²) >= 11 is 0. The molecular weight excluding hydrogens is 262 g/mol. The minimum atomic E-state index is 0.129. The first-order chi connectivity index (χ1) is 10.2. The average molecular weight is 289 g/mol. The smallest absolute Gasteiger partial charge is 0.255 e. The monoisotopic (exact) mass is 289 g/mol. The lowest BCUT2D eigenvalue weighted by Gasteiger charge is -2.35. The molecule has 0 saturated carbocycles. The van der Waals surface area contributed by atoms with Crippen LogP contribution in [0.5, 0.6) is 0 Å². The highest BCUT2D eigenvalue weighted by atomic mass is 16.2. The van der Waals surface area contributed by atoms with Crippen LogP contribution in [-0.2, 0) is 0 Å². The van der Waals surface area contributed by atoms with E-state index in [9.17, 15) is 4.79 Å². The van der Waals surface area contributed by atoms with Crippen molar-refractivity contribution in [1.29, 1.82) is 0 Å². The maximum Gasteiger partial charge on any atom is 0.255 e. The number of carbonyl (C=O) groups excluding carboxylic acids is 1. The number of aromatic nitrogens is 1. The number of piperidine rings is 1. The number of hydrogen-bond acceptors (Lipinski definition) is 3. The largest absolute Gasteiger partial charge is 0.368 e. The van der Waals surface area contributed by atoms with Crippen molar-refractivity contribution in [1.82, 2.24) is 9.88 Å². The highest BCUT2D eigenvalue weighted by molar-refractivity contribution is 5.94. The highest BCUT2D eigenvalue weighted by Crippen LogP contribution is 2.22. The van der Waals surface area contributed by atoms with Crippen LogP contribution in [0.3, 0.4) is 0 Å². The predicted molar refractivity (Wildman–Crippen MR) is 86.6 cm³/mol. The number of pyridine rings is 1. The summed E-state index contributed by atoms with van der Waals surface area (Å²) in [6, 6.07) is 4.58. The molecule has 1 amide bonds. The van der Waals surface area contributed by atoms with Gasteiger partial charge in [0, 0.05) is 24.8 Å². The number of likely N-dealkylation sites (tertiary alicyclic amines) is 1. The van der Waals surface area contributed by atoms with Crippen molar-refractivity contribution in [3.63, 3.8) is 0 Å². The first-order valence-corrected chi connectivity index (χ1v) is 8.19. The lowest BCUT2D eigenvalue weighted by molar-refractivity contribution is 0.0607. The number of nitrogens with one attached hydrogen (secondary N) is 1. The SMILES string of the molecule is CCC(C)Nc1ccc(C(=O)N2CCCCC2CC)cn1. The van der Waals surface area contributed by atoms with Crippen molar-refractivity contribution in [2.45, 2.75) is 65.0 Å². The van der Waals surface area contributed by atoms with Crippen molar-refractivity contribution in [2.24, 2.45) is 0 Å². The molecule has 2 unspecified atom stereocenters. The molecule has 1 aliphatic rings. The van der Waals surface area contributed by atoms with Crippen LogP contribution in [0, 0.1) is 0 Å². The van der Waals surface area contributed by atoms with Crippen LogP contribution >= 0.6 is 0 Å². The fourth-order valence-corrected chi connectivity index (χ4v) is 2.82. The number of carbonyl (C=O) groups is 1. The molecular formula is C17H27N3O. The zero-order valence-electron chi connectivity index (χ0n) is 13.4. The van der Waals surface area contributed by atoms with Gasteiger partial charge in [0.05, 0.1) is 5.56 Å². The molecule has 2 heterocycles. The molecule has 1 fully saturated rings. The van der Waals surface area contributed by atoms with E-state index in [1.165, 1.54) is 6.42 Å². The summed E-state index contributed by atoms with van der Waals surface area (Å²) in [5.74, 6) is 0.968. The van der Waals surface area contributed by atoms with Crippen LogP contribution in [0.25, 0.3) is 0 Å². The number of nitrogens with zero attached hydrogens (tertiary/aromatic N) is 2. The Kier molecular flexibility index (Phi) is 5.59. The van der Waals surface area contributed by atoms with Crippen LogP contribution in [0.4, 0.5) is 5.82 Å². The van der Waals surface area contributed by atoms with Gasteiger partial charge in [0.25, 0.3) is 5.91 Å². The molecule has 1 N–H and O–H groups in total. The first kappa shape index (κ1) is 15.8. The normalized spacial score (nSPS) is 20.1. The van der Waals surface area contributed by atoms with Crippen molar-refractivity contribution < 1.29 is 4.79 Å². The molecule has 2 rings (SSSR count). The van der Waals surface area contributed by atoms with Gasteiger partial charge in [-0.1, -0.05) is 13.8 Å². The predicted octanol–water partition coefficient (Wildman–Crippen LogP) is 3.70. The standard InChI is InChI=1S/C17H27N3O/c1-4-13(3)19-16-10-9-14(12-18-16)17(21)20-11-7-6-8-15(20)5-2/h9-10,12-13,15H,4-8,11H2,1-3H3,(H,18,19). The topological polar surface area (TPSA) is 45.2 Å². The quantitative estimate of drug-likeness (QED) is 0.899. The van der Waals surface area contributed by atoms with Gasteiger partial charge in [0.15, 0.2) is 0 Å². The fourth-order valence-electron chi connectivity index (χ4n) is 2.82. The third kappa shape index (κ3) is 3.96. The van der Waals surface area contributed by atoms with Crippen molar-refractivity contribution >= 4 is 11.7 Å². The van der Waals surface area contributed by atoms with Crippen LogP contribution in [0.1, 0.15) is 63.2 Å². The molecule has 21 heavy (non-hydrogen) atoms. The summed E-state index contributed by atoms with van der Waals surface area (Å²) in [4.78, 5) is 19.0. The zero-order valence-corrected chi connectivity index (χ0v) is 13.4. The second-order valence-corrected chi connectivity index (χ2v) is 5.94. The van der Waals surface area contributed by atoms with Crippen LogP contribution in [0.2, 0.25) is 0 Å². The molecule has 1 aromatic heterocycles. The van der Waals surface area contributed by atoms with Gasteiger partial charge in [-0.2, -0.15) is 0 Å². The molecule has 0 spiro atoms. The Hall–Kier alpha value is -1.58. The molecule has 4 heteroatoms. The Morgan fingerprint density at radius 2 is 2.24 bits per heavy atom. The minimum Gasteiger partial charge on any atom is -0.368 e. The van der Waals surface area contributed by atoms with E-state index in [1.54, 1.807) is 6.20 Å². The van der Waals surface area contributed by atoms with Crippen molar-refractivity contribution in [3.05, 3.63) is 23.9 Å². The lowest BCUT2D eigenvalue weighted by atomic mass is 9.99. The summed E-state index contributed by atoms with van der Waals surface area (Å²) in [6.45, 7) is 7.30. The molecule has 1 aromatic rings. The molecule has 2 atom stereocenters. The molecule has 0 radical (unpaired) electrons. The molecule has 1 saturated heterocycles.